The first kappa shape index (κ1) is 25.1. The van der Waals surface area contributed by atoms with E-state index in [2.05, 4.69) is 12.2 Å². The number of nitro benzene ring substituents is 1. The van der Waals surface area contributed by atoms with Crippen LogP contribution in [0.3, 0.4) is 0 Å². The van der Waals surface area contributed by atoms with Crippen LogP contribution in [-0.4, -0.2) is 30.1 Å². The van der Waals surface area contributed by atoms with Gasteiger partial charge >= 0.3 is 11.9 Å². The normalized spacial score (nSPS) is 17.0. The molecule has 0 aliphatic carbocycles. The number of esters is 2. The number of hydrogen-bond acceptors (Lipinski definition) is 7. The number of benzene rings is 1. The van der Waals surface area contributed by atoms with Crippen LogP contribution in [0.4, 0.5) is 5.69 Å². The van der Waals surface area contributed by atoms with Crippen LogP contribution in [0.25, 0.3) is 0 Å². The standard InChI is InChI=1S/C24H32N2O6/c1-6-8-13-19(10-7-2)32-24(28)21-16(4)25-15(3)20(23(27)31-5)22(21)17-11-9-12-18(14-17)26(29)30/h9,11-12,14,19,22,25H,6-8,10,13H2,1-5H3. The minimum atomic E-state index is -0.843. The van der Waals surface area contributed by atoms with Crippen LogP contribution in [0.2, 0.25) is 0 Å². The van der Waals surface area contributed by atoms with Crippen molar-refractivity contribution in [3.8, 4) is 0 Å². The molecular weight excluding hydrogens is 412 g/mol. The van der Waals surface area contributed by atoms with Crippen molar-refractivity contribution in [2.75, 3.05) is 7.11 Å². The van der Waals surface area contributed by atoms with Gasteiger partial charge in [0.25, 0.3) is 5.69 Å². The van der Waals surface area contributed by atoms with Crippen molar-refractivity contribution in [3.63, 3.8) is 0 Å². The highest BCUT2D eigenvalue weighted by Crippen LogP contribution is 2.40. The lowest BCUT2D eigenvalue weighted by Crippen LogP contribution is -2.33. The first-order valence-corrected chi connectivity index (χ1v) is 11.0. The van der Waals surface area contributed by atoms with E-state index < -0.39 is 22.8 Å². The Bertz CT molecular complexity index is 934. The van der Waals surface area contributed by atoms with Crippen molar-refractivity contribution in [1.29, 1.82) is 0 Å². The molecule has 0 amide bonds. The predicted octanol–water partition coefficient (Wildman–Crippen LogP) is 4.90. The first-order chi connectivity index (χ1) is 15.2. The average molecular weight is 445 g/mol. The van der Waals surface area contributed by atoms with Gasteiger partial charge in [-0.3, -0.25) is 10.1 Å². The third-order valence-electron chi connectivity index (χ3n) is 5.56. The van der Waals surface area contributed by atoms with Crippen LogP contribution in [0.5, 0.6) is 0 Å². The number of methoxy groups -OCH3 is 1. The second kappa shape index (κ2) is 11.5. The van der Waals surface area contributed by atoms with Crippen molar-refractivity contribution < 1.29 is 24.0 Å². The van der Waals surface area contributed by atoms with Gasteiger partial charge < -0.3 is 14.8 Å². The van der Waals surface area contributed by atoms with Gasteiger partial charge in [0, 0.05) is 23.5 Å². The quantitative estimate of drug-likeness (QED) is 0.310. The van der Waals surface area contributed by atoms with E-state index in [0.717, 1.165) is 32.1 Å². The topological polar surface area (TPSA) is 108 Å². The summed E-state index contributed by atoms with van der Waals surface area (Å²) in [5.74, 6) is -1.99. The van der Waals surface area contributed by atoms with Gasteiger partial charge in [-0.25, -0.2) is 9.59 Å². The van der Waals surface area contributed by atoms with Crippen LogP contribution < -0.4 is 5.32 Å². The minimum Gasteiger partial charge on any atom is -0.466 e. The van der Waals surface area contributed by atoms with E-state index in [9.17, 15) is 19.7 Å². The molecule has 0 spiro atoms. The lowest BCUT2D eigenvalue weighted by atomic mass is 9.80. The van der Waals surface area contributed by atoms with Crippen molar-refractivity contribution in [3.05, 3.63) is 62.5 Å². The molecule has 1 N–H and O–H groups in total. The van der Waals surface area contributed by atoms with E-state index in [1.165, 1.54) is 19.2 Å². The first-order valence-electron chi connectivity index (χ1n) is 11.0. The number of non-ortho nitro benzene ring substituents is 1. The zero-order chi connectivity index (χ0) is 23.8. The summed E-state index contributed by atoms with van der Waals surface area (Å²) in [5, 5.41) is 14.4. The van der Waals surface area contributed by atoms with Crippen LogP contribution in [0, 0.1) is 10.1 Å². The molecule has 174 valence electrons. The third-order valence-corrected chi connectivity index (χ3v) is 5.56. The van der Waals surface area contributed by atoms with Crippen molar-refractivity contribution >= 4 is 17.6 Å². The number of allylic oxidation sites excluding steroid dienone is 2. The molecule has 0 fully saturated rings. The number of rotatable bonds is 10. The molecule has 8 nitrogen and oxygen atoms in total. The summed E-state index contributed by atoms with van der Waals surface area (Å²) in [6.07, 6.45) is 4.08. The summed E-state index contributed by atoms with van der Waals surface area (Å²) in [4.78, 5) is 36.9. The number of nitro groups is 1. The Balaban J connectivity index is 2.56. The number of unbranched alkanes of at least 4 members (excludes halogenated alkanes) is 1. The molecule has 0 saturated carbocycles. The molecule has 32 heavy (non-hydrogen) atoms. The number of ether oxygens (including phenoxy) is 2. The Hall–Kier alpha value is -3.16. The van der Waals surface area contributed by atoms with E-state index in [1.54, 1.807) is 26.0 Å². The third kappa shape index (κ3) is 5.75. The maximum absolute atomic E-state index is 13.4. The lowest BCUT2D eigenvalue weighted by Gasteiger charge is -2.31. The number of hydrogen-bond donors (Lipinski definition) is 1. The molecule has 8 heteroatoms. The Labute approximate surface area is 188 Å². The predicted molar refractivity (Wildman–Crippen MR) is 121 cm³/mol. The summed E-state index contributed by atoms with van der Waals surface area (Å²) in [6.45, 7) is 7.56. The minimum absolute atomic E-state index is 0.125. The molecule has 0 radical (unpaired) electrons. The fraction of sp³-hybridized carbons (Fsp3) is 0.500. The van der Waals surface area contributed by atoms with Gasteiger partial charge in [-0.2, -0.15) is 0 Å². The molecule has 0 saturated heterocycles. The molecular formula is C24H32N2O6. The Morgan fingerprint density at radius 2 is 1.75 bits per heavy atom. The largest absolute Gasteiger partial charge is 0.466 e. The van der Waals surface area contributed by atoms with Crippen LogP contribution >= 0.6 is 0 Å². The number of nitrogens with one attached hydrogen (secondary N) is 1. The van der Waals surface area contributed by atoms with Gasteiger partial charge in [-0.15, -0.1) is 0 Å². The second-order valence-electron chi connectivity index (χ2n) is 7.94. The van der Waals surface area contributed by atoms with E-state index in [-0.39, 0.29) is 22.9 Å². The van der Waals surface area contributed by atoms with Crippen molar-refractivity contribution in [2.45, 2.75) is 71.8 Å². The number of carbonyl (C=O) groups is 2. The highest BCUT2D eigenvalue weighted by molar-refractivity contribution is 6.00. The van der Waals surface area contributed by atoms with E-state index in [4.69, 9.17) is 9.47 Å². The molecule has 2 unspecified atom stereocenters. The van der Waals surface area contributed by atoms with Gasteiger partial charge in [0.05, 0.1) is 29.1 Å². The van der Waals surface area contributed by atoms with E-state index in [1.807, 2.05) is 6.92 Å². The highest BCUT2D eigenvalue weighted by Gasteiger charge is 2.38. The van der Waals surface area contributed by atoms with Crippen LogP contribution in [0.1, 0.15) is 71.3 Å². The fourth-order valence-electron chi connectivity index (χ4n) is 4.03. The summed E-state index contributed by atoms with van der Waals surface area (Å²) < 4.78 is 10.9. The van der Waals surface area contributed by atoms with E-state index >= 15 is 0 Å². The zero-order valence-electron chi connectivity index (χ0n) is 19.4. The maximum atomic E-state index is 13.4. The number of carbonyl (C=O) groups excluding carboxylic acids is 2. The van der Waals surface area contributed by atoms with Gasteiger partial charge in [-0.1, -0.05) is 45.2 Å². The summed E-state index contributed by atoms with van der Waals surface area (Å²) in [5.41, 5.74) is 1.88. The smallest absolute Gasteiger partial charge is 0.337 e. The molecule has 1 aromatic rings. The Morgan fingerprint density at radius 3 is 2.31 bits per heavy atom. The van der Waals surface area contributed by atoms with Crippen molar-refractivity contribution in [1.82, 2.24) is 5.32 Å². The average Bonchev–Trinajstić information content (AvgIpc) is 2.76. The van der Waals surface area contributed by atoms with Gasteiger partial charge in [-0.05, 0) is 32.3 Å². The molecule has 1 aromatic carbocycles. The fourth-order valence-corrected chi connectivity index (χ4v) is 4.03. The maximum Gasteiger partial charge on any atom is 0.337 e. The van der Waals surface area contributed by atoms with Gasteiger partial charge in [0.15, 0.2) is 0 Å². The number of nitrogens with zero attached hydrogens (tertiary/aromatic N) is 1. The van der Waals surface area contributed by atoms with Crippen LogP contribution in [0.15, 0.2) is 46.8 Å². The molecule has 0 aromatic heterocycles. The molecule has 1 aliphatic heterocycles. The zero-order valence-corrected chi connectivity index (χ0v) is 19.4. The van der Waals surface area contributed by atoms with Gasteiger partial charge in [0.1, 0.15) is 6.10 Å². The Kier molecular flexibility index (Phi) is 8.99. The summed E-state index contributed by atoms with van der Waals surface area (Å²) in [7, 11) is 1.26. The SMILES string of the molecule is CCCCC(CCC)OC(=O)C1=C(C)NC(C)=C(C(=O)OC)C1c1cccc([N+](=O)[O-])c1. The van der Waals surface area contributed by atoms with Crippen LogP contribution in [-0.2, 0) is 19.1 Å². The van der Waals surface area contributed by atoms with Crippen molar-refractivity contribution in [2.24, 2.45) is 0 Å². The molecule has 1 heterocycles. The lowest BCUT2D eigenvalue weighted by molar-refractivity contribution is -0.384. The molecule has 0 bridgehead atoms. The summed E-state index contributed by atoms with van der Waals surface area (Å²) >= 11 is 0. The van der Waals surface area contributed by atoms with E-state index in [0.29, 0.717) is 17.0 Å². The molecule has 1 aliphatic rings. The van der Waals surface area contributed by atoms with Gasteiger partial charge in [0.2, 0.25) is 0 Å². The monoisotopic (exact) mass is 444 g/mol. The summed E-state index contributed by atoms with van der Waals surface area (Å²) in [6, 6.07) is 5.96. The highest BCUT2D eigenvalue weighted by atomic mass is 16.6. The molecule has 2 atom stereocenters. The molecule has 2 rings (SSSR count). The Morgan fingerprint density at radius 1 is 1.09 bits per heavy atom. The number of dihydropyridines is 1. The second-order valence-corrected chi connectivity index (χ2v) is 7.94.